The van der Waals surface area contributed by atoms with Gasteiger partial charge < -0.3 is 15.7 Å². The molecule has 1 saturated heterocycles. The molecule has 0 amide bonds. The van der Waals surface area contributed by atoms with Gasteiger partial charge in [-0.05, 0) is 31.9 Å². The standard InChI is InChI=1S/C13H19FN2O/c1-9(15)10-4-3-5-11(14)12(10)16-7-6-13(2,17)8-16/h3-5,9,17H,6-8,15H2,1-2H3/t9-,13?/m1/s1. The summed E-state index contributed by atoms with van der Waals surface area (Å²) in [6, 6.07) is 4.74. The number of halogens is 1. The van der Waals surface area contributed by atoms with Crippen LogP contribution in [0.5, 0.6) is 0 Å². The van der Waals surface area contributed by atoms with E-state index >= 15 is 0 Å². The fourth-order valence-electron chi connectivity index (χ4n) is 2.37. The highest BCUT2D eigenvalue weighted by Gasteiger charge is 2.33. The summed E-state index contributed by atoms with van der Waals surface area (Å²) in [5.74, 6) is -0.266. The van der Waals surface area contributed by atoms with E-state index in [-0.39, 0.29) is 11.9 Å². The number of nitrogens with zero attached hydrogens (tertiary/aromatic N) is 1. The minimum Gasteiger partial charge on any atom is -0.388 e. The maximum atomic E-state index is 13.9. The zero-order chi connectivity index (χ0) is 12.6. The Balaban J connectivity index is 2.38. The summed E-state index contributed by atoms with van der Waals surface area (Å²) in [4.78, 5) is 1.88. The number of para-hydroxylation sites is 1. The molecule has 17 heavy (non-hydrogen) atoms. The Hall–Kier alpha value is -1.13. The van der Waals surface area contributed by atoms with Crippen LogP contribution in [0.3, 0.4) is 0 Å². The van der Waals surface area contributed by atoms with E-state index in [0.29, 0.717) is 25.2 Å². The molecule has 0 radical (unpaired) electrons. The Morgan fingerprint density at radius 3 is 2.76 bits per heavy atom. The number of anilines is 1. The summed E-state index contributed by atoms with van der Waals surface area (Å²) >= 11 is 0. The quantitative estimate of drug-likeness (QED) is 0.826. The highest BCUT2D eigenvalue weighted by molar-refractivity contribution is 5.57. The predicted octanol–water partition coefficient (Wildman–Crippen LogP) is 1.81. The van der Waals surface area contributed by atoms with Crippen molar-refractivity contribution in [2.24, 2.45) is 5.73 Å². The van der Waals surface area contributed by atoms with Crippen LogP contribution in [0.4, 0.5) is 10.1 Å². The van der Waals surface area contributed by atoms with Gasteiger partial charge in [-0.1, -0.05) is 12.1 Å². The van der Waals surface area contributed by atoms with Gasteiger partial charge in [0.1, 0.15) is 5.82 Å². The molecule has 2 atom stereocenters. The molecule has 0 saturated carbocycles. The van der Waals surface area contributed by atoms with Gasteiger partial charge in [0.05, 0.1) is 11.3 Å². The first kappa shape index (κ1) is 12.3. The summed E-state index contributed by atoms with van der Waals surface area (Å²) in [5, 5.41) is 9.95. The normalized spacial score (nSPS) is 26.3. The lowest BCUT2D eigenvalue weighted by Gasteiger charge is -2.25. The fourth-order valence-corrected chi connectivity index (χ4v) is 2.37. The molecule has 3 nitrogen and oxygen atoms in total. The van der Waals surface area contributed by atoms with E-state index in [1.54, 1.807) is 13.0 Å². The van der Waals surface area contributed by atoms with Crippen LogP contribution in [0.1, 0.15) is 31.9 Å². The third kappa shape index (κ3) is 2.42. The summed E-state index contributed by atoms with van der Waals surface area (Å²) in [5.41, 5.74) is 6.46. The van der Waals surface area contributed by atoms with Crippen molar-refractivity contribution in [3.63, 3.8) is 0 Å². The first-order chi connectivity index (χ1) is 7.91. The van der Waals surface area contributed by atoms with Crippen LogP contribution in [-0.4, -0.2) is 23.8 Å². The molecule has 1 heterocycles. The molecule has 1 fully saturated rings. The van der Waals surface area contributed by atoms with Gasteiger partial charge in [0, 0.05) is 19.1 Å². The van der Waals surface area contributed by atoms with Crippen molar-refractivity contribution in [3.8, 4) is 0 Å². The number of β-amino-alcohol motifs (C(OH)–C–C–N with tert-alkyl or cyclic N) is 1. The SMILES string of the molecule is C[C@@H](N)c1cccc(F)c1N1CCC(C)(O)C1. The van der Waals surface area contributed by atoms with Gasteiger partial charge in [-0.25, -0.2) is 4.39 Å². The molecule has 1 aliphatic heterocycles. The van der Waals surface area contributed by atoms with E-state index < -0.39 is 5.60 Å². The van der Waals surface area contributed by atoms with Gasteiger partial charge in [0.25, 0.3) is 0 Å². The monoisotopic (exact) mass is 238 g/mol. The Labute approximate surface area is 101 Å². The Morgan fingerprint density at radius 2 is 2.24 bits per heavy atom. The maximum absolute atomic E-state index is 13.9. The molecule has 0 aliphatic carbocycles. The zero-order valence-electron chi connectivity index (χ0n) is 10.3. The van der Waals surface area contributed by atoms with Crippen molar-refractivity contribution in [1.82, 2.24) is 0 Å². The highest BCUT2D eigenvalue weighted by Crippen LogP contribution is 2.33. The third-order valence-corrected chi connectivity index (χ3v) is 3.28. The van der Waals surface area contributed by atoms with Gasteiger partial charge in [-0.2, -0.15) is 0 Å². The van der Waals surface area contributed by atoms with Crippen LogP contribution in [0, 0.1) is 5.82 Å². The lowest BCUT2D eigenvalue weighted by atomic mass is 10.1. The molecule has 1 unspecified atom stereocenters. The lowest BCUT2D eigenvalue weighted by Crippen LogP contribution is -2.31. The van der Waals surface area contributed by atoms with Gasteiger partial charge in [0.2, 0.25) is 0 Å². The molecule has 4 heteroatoms. The number of benzene rings is 1. The van der Waals surface area contributed by atoms with Crippen LogP contribution < -0.4 is 10.6 Å². The second kappa shape index (κ2) is 4.27. The molecule has 2 rings (SSSR count). The van der Waals surface area contributed by atoms with Crippen molar-refractivity contribution in [1.29, 1.82) is 0 Å². The van der Waals surface area contributed by atoms with Gasteiger partial charge >= 0.3 is 0 Å². The molecule has 0 spiro atoms. The van der Waals surface area contributed by atoms with Gasteiger partial charge in [-0.15, -0.1) is 0 Å². The molecule has 0 aromatic heterocycles. The van der Waals surface area contributed by atoms with E-state index in [2.05, 4.69) is 0 Å². The van der Waals surface area contributed by atoms with Crippen molar-refractivity contribution in [2.45, 2.75) is 31.9 Å². The topological polar surface area (TPSA) is 49.5 Å². The van der Waals surface area contributed by atoms with Crippen LogP contribution >= 0.6 is 0 Å². The van der Waals surface area contributed by atoms with Gasteiger partial charge in [-0.3, -0.25) is 0 Å². The van der Waals surface area contributed by atoms with Crippen molar-refractivity contribution in [2.75, 3.05) is 18.0 Å². The second-order valence-electron chi connectivity index (χ2n) is 5.13. The molecular formula is C13H19FN2O. The van der Waals surface area contributed by atoms with E-state index in [1.165, 1.54) is 6.07 Å². The number of hydrogen-bond donors (Lipinski definition) is 2. The second-order valence-corrected chi connectivity index (χ2v) is 5.13. The lowest BCUT2D eigenvalue weighted by molar-refractivity contribution is 0.0839. The summed E-state index contributed by atoms with van der Waals surface area (Å²) in [6.07, 6.45) is 0.653. The number of rotatable bonds is 2. The van der Waals surface area contributed by atoms with Crippen LogP contribution in [0.15, 0.2) is 18.2 Å². The first-order valence-corrected chi connectivity index (χ1v) is 5.92. The molecule has 0 bridgehead atoms. The van der Waals surface area contributed by atoms with E-state index in [9.17, 15) is 9.50 Å². The van der Waals surface area contributed by atoms with Crippen molar-refractivity contribution < 1.29 is 9.50 Å². The zero-order valence-corrected chi connectivity index (χ0v) is 10.3. The fraction of sp³-hybridized carbons (Fsp3) is 0.538. The molecule has 1 aliphatic rings. The van der Waals surface area contributed by atoms with Crippen LogP contribution in [-0.2, 0) is 0 Å². The summed E-state index contributed by atoms with van der Waals surface area (Å²) in [6.45, 7) is 4.73. The molecule has 1 aromatic rings. The molecule has 1 aromatic carbocycles. The Kier molecular flexibility index (Phi) is 3.10. The van der Waals surface area contributed by atoms with Crippen LogP contribution in [0.2, 0.25) is 0 Å². The molecule has 94 valence electrons. The highest BCUT2D eigenvalue weighted by atomic mass is 19.1. The largest absolute Gasteiger partial charge is 0.388 e. The van der Waals surface area contributed by atoms with E-state index in [4.69, 9.17) is 5.73 Å². The Morgan fingerprint density at radius 1 is 1.53 bits per heavy atom. The van der Waals surface area contributed by atoms with Crippen molar-refractivity contribution >= 4 is 5.69 Å². The van der Waals surface area contributed by atoms with Crippen molar-refractivity contribution in [3.05, 3.63) is 29.6 Å². The minimum atomic E-state index is -0.739. The van der Waals surface area contributed by atoms with E-state index in [0.717, 1.165) is 5.56 Å². The average Bonchev–Trinajstić information content (AvgIpc) is 2.58. The Bertz CT molecular complexity index is 418. The first-order valence-electron chi connectivity index (χ1n) is 5.92. The third-order valence-electron chi connectivity index (χ3n) is 3.28. The van der Waals surface area contributed by atoms with Gasteiger partial charge in [0.15, 0.2) is 0 Å². The molecular weight excluding hydrogens is 219 g/mol. The minimum absolute atomic E-state index is 0.216. The predicted molar refractivity (Wildman–Crippen MR) is 66.5 cm³/mol. The maximum Gasteiger partial charge on any atom is 0.146 e. The number of nitrogens with two attached hydrogens (primary N) is 1. The van der Waals surface area contributed by atoms with Crippen LogP contribution in [0.25, 0.3) is 0 Å². The summed E-state index contributed by atoms with van der Waals surface area (Å²) < 4.78 is 13.9. The molecule has 3 N–H and O–H groups in total. The average molecular weight is 238 g/mol. The number of hydrogen-bond acceptors (Lipinski definition) is 3. The summed E-state index contributed by atoms with van der Waals surface area (Å²) in [7, 11) is 0. The smallest absolute Gasteiger partial charge is 0.146 e. The number of aliphatic hydroxyl groups is 1. The van der Waals surface area contributed by atoms with E-state index in [1.807, 2.05) is 17.9 Å².